The molecule has 0 aliphatic carbocycles. The van der Waals surface area contributed by atoms with Crippen LogP contribution >= 0.6 is 11.8 Å². The second-order valence-corrected chi connectivity index (χ2v) is 7.09. The predicted octanol–water partition coefficient (Wildman–Crippen LogP) is 2.46. The first-order valence-electron chi connectivity index (χ1n) is 7.40. The fourth-order valence-electron chi connectivity index (χ4n) is 3.33. The Balaban J connectivity index is 1.69. The number of likely N-dealkylation sites (tertiary alicyclic amines) is 1. The first-order valence-corrected chi connectivity index (χ1v) is 8.39. The summed E-state index contributed by atoms with van der Waals surface area (Å²) in [4.78, 5) is 15.3. The Morgan fingerprint density at radius 2 is 2.20 bits per heavy atom. The highest BCUT2D eigenvalue weighted by molar-refractivity contribution is 7.99. The van der Waals surface area contributed by atoms with Gasteiger partial charge in [-0.25, -0.2) is 0 Å². The SMILES string of the molecule is CC1CCC(C(N)=O)CN1CC1CSc2ccccc21. The van der Waals surface area contributed by atoms with Crippen LogP contribution in [0.25, 0.3) is 0 Å². The number of primary amides is 1. The van der Waals surface area contributed by atoms with Crippen LogP contribution in [0, 0.1) is 5.92 Å². The molecule has 0 aromatic heterocycles. The quantitative estimate of drug-likeness (QED) is 0.930. The Bertz CT molecular complexity index is 505. The van der Waals surface area contributed by atoms with Crippen molar-refractivity contribution in [3.63, 3.8) is 0 Å². The van der Waals surface area contributed by atoms with Crippen LogP contribution in [0.4, 0.5) is 0 Å². The van der Waals surface area contributed by atoms with Gasteiger partial charge in [0, 0.05) is 35.7 Å². The summed E-state index contributed by atoms with van der Waals surface area (Å²) in [5, 5.41) is 0. The molecule has 3 atom stereocenters. The molecular formula is C16H22N2OS. The Hall–Kier alpha value is -1.00. The lowest BCUT2D eigenvalue weighted by Gasteiger charge is -2.38. The zero-order valence-electron chi connectivity index (χ0n) is 11.9. The maximum atomic E-state index is 11.4. The molecule has 2 aliphatic rings. The fraction of sp³-hybridized carbons (Fsp3) is 0.562. The molecule has 1 aromatic rings. The van der Waals surface area contributed by atoms with Crippen LogP contribution in [0.15, 0.2) is 29.2 Å². The molecule has 3 nitrogen and oxygen atoms in total. The number of fused-ring (bicyclic) bond motifs is 1. The summed E-state index contributed by atoms with van der Waals surface area (Å²) < 4.78 is 0. The summed E-state index contributed by atoms with van der Waals surface area (Å²) in [6.45, 7) is 4.15. The van der Waals surface area contributed by atoms with Gasteiger partial charge in [-0.05, 0) is 31.4 Å². The molecule has 3 rings (SSSR count). The maximum absolute atomic E-state index is 11.4. The van der Waals surface area contributed by atoms with E-state index in [4.69, 9.17) is 5.73 Å². The fourth-order valence-corrected chi connectivity index (χ4v) is 4.57. The highest BCUT2D eigenvalue weighted by Crippen LogP contribution is 2.40. The standard InChI is InChI=1S/C16H22N2OS/c1-11-6-7-12(16(17)19)8-18(11)9-13-10-20-15-5-3-2-4-14(13)15/h2-5,11-13H,6-10H2,1H3,(H2,17,19). The molecule has 1 amide bonds. The van der Waals surface area contributed by atoms with E-state index in [9.17, 15) is 4.79 Å². The van der Waals surface area contributed by atoms with Gasteiger partial charge in [0.25, 0.3) is 0 Å². The van der Waals surface area contributed by atoms with Gasteiger partial charge in [-0.1, -0.05) is 18.2 Å². The van der Waals surface area contributed by atoms with Crippen molar-refractivity contribution < 1.29 is 4.79 Å². The number of rotatable bonds is 3. The Morgan fingerprint density at radius 3 is 3.00 bits per heavy atom. The van der Waals surface area contributed by atoms with Gasteiger partial charge in [0.2, 0.25) is 5.91 Å². The van der Waals surface area contributed by atoms with Gasteiger partial charge in [0.1, 0.15) is 0 Å². The van der Waals surface area contributed by atoms with Crippen molar-refractivity contribution in [1.82, 2.24) is 4.90 Å². The van der Waals surface area contributed by atoms with Crippen molar-refractivity contribution >= 4 is 17.7 Å². The average molecular weight is 290 g/mol. The first-order chi connectivity index (χ1) is 9.65. The van der Waals surface area contributed by atoms with E-state index >= 15 is 0 Å². The Morgan fingerprint density at radius 1 is 1.40 bits per heavy atom. The number of nitrogens with two attached hydrogens (primary N) is 1. The number of piperidine rings is 1. The summed E-state index contributed by atoms with van der Waals surface area (Å²) in [7, 11) is 0. The topological polar surface area (TPSA) is 46.3 Å². The third-order valence-electron chi connectivity index (χ3n) is 4.67. The second kappa shape index (κ2) is 5.78. The number of carbonyl (C=O) groups is 1. The van der Waals surface area contributed by atoms with E-state index in [0.717, 1.165) is 31.7 Å². The first kappa shape index (κ1) is 14.0. The average Bonchev–Trinajstić information content (AvgIpc) is 2.84. The molecule has 2 N–H and O–H groups in total. The predicted molar refractivity (Wildman–Crippen MR) is 82.9 cm³/mol. The van der Waals surface area contributed by atoms with E-state index in [1.807, 2.05) is 11.8 Å². The van der Waals surface area contributed by atoms with E-state index in [2.05, 4.69) is 36.1 Å². The number of nitrogens with zero attached hydrogens (tertiary/aromatic N) is 1. The molecule has 20 heavy (non-hydrogen) atoms. The van der Waals surface area contributed by atoms with Gasteiger partial charge in [0.05, 0.1) is 5.92 Å². The molecule has 0 spiro atoms. The molecule has 2 heterocycles. The molecule has 2 aliphatic heterocycles. The van der Waals surface area contributed by atoms with E-state index in [0.29, 0.717) is 12.0 Å². The largest absolute Gasteiger partial charge is 0.369 e. The van der Waals surface area contributed by atoms with Gasteiger partial charge in [-0.3, -0.25) is 9.69 Å². The van der Waals surface area contributed by atoms with Crippen molar-refractivity contribution in [1.29, 1.82) is 0 Å². The summed E-state index contributed by atoms with van der Waals surface area (Å²) in [5.41, 5.74) is 6.97. The second-order valence-electron chi connectivity index (χ2n) is 6.03. The minimum Gasteiger partial charge on any atom is -0.369 e. The lowest BCUT2D eigenvalue weighted by Crippen LogP contribution is -2.47. The molecule has 4 heteroatoms. The number of amides is 1. The van der Waals surface area contributed by atoms with E-state index in [-0.39, 0.29) is 11.8 Å². The van der Waals surface area contributed by atoms with Crippen LogP contribution in [-0.2, 0) is 4.79 Å². The highest BCUT2D eigenvalue weighted by atomic mass is 32.2. The van der Waals surface area contributed by atoms with Crippen molar-refractivity contribution in [2.75, 3.05) is 18.8 Å². The van der Waals surface area contributed by atoms with Crippen molar-refractivity contribution in [2.24, 2.45) is 11.7 Å². The van der Waals surface area contributed by atoms with Gasteiger partial charge in [0.15, 0.2) is 0 Å². The van der Waals surface area contributed by atoms with Crippen LogP contribution in [-0.4, -0.2) is 35.7 Å². The van der Waals surface area contributed by atoms with Gasteiger partial charge in [-0.15, -0.1) is 11.8 Å². The van der Waals surface area contributed by atoms with E-state index < -0.39 is 0 Å². The van der Waals surface area contributed by atoms with Crippen LogP contribution in [0.2, 0.25) is 0 Å². The molecule has 1 saturated heterocycles. The van der Waals surface area contributed by atoms with Gasteiger partial charge < -0.3 is 5.73 Å². The zero-order chi connectivity index (χ0) is 14.1. The minimum absolute atomic E-state index is 0.0375. The number of hydrogen-bond donors (Lipinski definition) is 1. The molecule has 1 aromatic carbocycles. The van der Waals surface area contributed by atoms with E-state index in [1.165, 1.54) is 10.5 Å². The molecular weight excluding hydrogens is 268 g/mol. The summed E-state index contributed by atoms with van der Waals surface area (Å²) in [6.07, 6.45) is 2.03. The van der Waals surface area contributed by atoms with Crippen LogP contribution in [0.5, 0.6) is 0 Å². The lowest BCUT2D eigenvalue weighted by molar-refractivity contribution is -0.124. The third kappa shape index (κ3) is 2.72. The third-order valence-corrected chi connectivity index (χ3v) is 5.92. The monoisotopic (exact) mass is 290 g/mol. The molecule has 0 bridgehead atoms. The number of hydrogen-bond acceptors (Lipinski definition) is 3. The molecule has 0 saturated carbocycles. The summed E-state index contributed by atoms with van der Waals surface area (Å²) in [5.74, 6) is 1.65. The summed E-state index contributed by atoms with van der Waals surface area (Å²) >= 11 is 1.95. The lowest BCUT2D eigenvalue weighted by atomic mass is 9.91. The normalized spacial score (nSPS) is 30.1. The number of carbonyl (C=O) groups excluding carboxylic acids is 1. The zero-order valence-corrected chi connectivity index (χ0v) is 12.7. The van der Waals surface area contributed by atoms with Crippen LogP contribution in [0.1, 0.15) is 31.2 Å². The Labute approximate surface area is 124 Å². The van der Waals surface area contributed by atoms with E-state index in [1.54, 1.807) is 0 Å². The Kier molecular flexibility index (Phi) is 4.03. The van der Waals surface area contributed by atoms with Crippen LogP contribution in [0.3, 0.4) is 0 Å². The van der Waals surface area contributed by atoms with Crippen LogP contribution < -0.4 is 5.73 Å². The molecule has 3 unspecified atom stereocenters. The minimum atomic E-state index is -0.136. The van der Waals surface area contributed by atoms with Crippen molar-refractivity contribution in [2.45, 2.75) is 36.6 Å². The van der Waals surface area contributed by atoms with Crippen molar-refractivity contribution in [3.05, 3.63) is 29.8 Å². The maximum Gasteiger partial charge on any atom is 0.221 e. The molecule has 1 fully saturated rings. The van der Waals surface area contributed by atoms with Gasteiger partial charge in [-0.2, -0.15) is 0 Å². The smallest absolute Gasteiger partial charge is 0.221 e. The molecule has 108 valence electrons. The van der Waals surface area contributed by atoms with Crippen molar-refractivity contribution in [3.8, 4) is 0 Å². The number of benzene rings is 1. The van der Waals surface area contributed by atoms with Gasteiger partial charge >= 0.3 is 0 Å². The molecule has 0 radical (unpaired) electrons. The summed E-state index contributed by atoms with van der Waals surface area (Å²) in [6, 6.07) is 9.26. The highest BCUT2D eigenvalue weighted by Gasteiger charge is 2.32. The number of thioether (sulfide) groups is 1.